The van der Waals surface area contributed by atoms with E-state index in [1.165, 1.54) is 0 Å². The Hall–Kier alpha value is -0.930. The van der Waals surface area contributed by atoms with Gasteiger partial charge in [0.15, 0.2) is 0 Å². The van der Waals surface area contributed by atoms with Gasteiger partial charge in [-0.1, -0.05) is 26.2 Å². The first-order valence-electron chi connectivity index (χ1n) is 7.26. The van der Waals surface area contributed by atoms with Crippen molar-refractivity contribution < 1.29 is 34.7 Å². The van der Waals surface area contributed by atoms with Crippen LogP contribution in [-0.4, -0.2) is 70.4 Å². The molecule has 0 aromatic carbocycles. The van der Waals surface area contributed by atoms with Crippen LogP contribution >= 0.6 is 0 Å². The molecule has 1 aliphatic rings. The molecule has 0 bridgehead atoms. The van der Waals surface area contributed by atoms with Crippen LogP contribution in [-0.2, 0) is 9.47 Å². The number of unbranched alkanes of at least 4 members (excludes halogenated alkanes) is 3. The largest absolute Gasteiger partial charge is 0.417 e. The van der Waals surface area contributed by atoms with Crippen molar-refractivity contribution in [1.82, 2.24) is 5.32 Å². The number of carbonyl (C=O) groups excluding carboxylic acids is 1. The van der Waals surface area contributed by atoms with Crippen LogP contribution in [0.15, 0.2) is 0 Å². The molecule has 0 aliphatic carbocycles. The summed E-state index contributed by atoms with van der Waals surface area (Å²) in [7, 11) is 0. The fourth-order valence-corrected chi connectivity index (χ4v) is 2.05. The van der Waals surface area contributed by atoms with E-state index in [2.05, 4.69) is 12.2 Å². The summed E-state index contributed by atoms with van der Waals surface area (Å²) in [5.74, 6) is 0. The minimum absolute atomic E-state index is 0.441. The summed E-state index contributed by atoms with van der Waals surface area (Å²) < 4.78 is 9.91. The molecule has 8 heteroatoms. The lowest BCUT2D eigenvalue weighted by atomic mass is 9.99. The second-order valence-corrected chi connectivity index (χ2v) is 5.09. The molecule has 1 unspecified atom stereocenters. The Morgan fingerprint density at radius 2 is 1.86 bits per heavy atom. The molecule has 0 aromatic rings. The van der Waals surface area contributed by atoms with E-state index in [1.54, 1.807) is 0 Å². The van der Waals surface area contributed by atoms with Gasteiger partial charge in [-0.05, 0) is 6.42 Å². The average Bonchev–Trinajstić information content (AvgIpc) is 2.47. The third-order valence-corrected chi connectivity index (χ3v) is 3.37. The summed E-state index contributed by atoms with van der Waals surface area (Å²) in [5, 5.41) is 40.3. The molecule has 1 heterocycles. The zero-order valence-electron chi connectivity index (χ0n) is 12.1. The van der Waals surface area contributed by atoms with Crippen molar-refractivity contribution >= 4 is 6.09 Å². The van der Waals surface area contributed by atoms with E-state index in [1.807, 2.05) is 0 Å². The van der Waals surface area contributed by atoms with Crippen LogP contribution < -0.4 is 5.32 Å². The van der Waals surface area contributed by atoms with Crippen molar-refractivity contribution in [2.45, 2.75) is 63.3 Å². The van der Waals surface area contributed by atoms with Gasteiger partial charge in [-0.2, -0.15) is 0 Å². The highest BCUT2D eigenvalue weighted by molar-refractivity contribution is 5.67. The molecular formula is C13H25NO7. The number of aliphatic hydroxyl groups is 4. The maximum atomic E-state index is 11.5. The molecule has 5 atom stereocenters. The quantitative estimate of drug-likeness (QED) is 0.385. The Bertz CT molecular complexity index is 313. The molecule has 0 radical (unpaired) electrons. The van der Waals surface area contributed by atoms with Gasteiger partial charge in [-0.25, -0.2) is 4.79 Å². The molecule has 21 heavy (non-hydrogen) atoms. The zero-order chi connectivity index (χ0) is 15.8. The number of hydrogen-bond acceptors (Lipinski definition) is 7. The molecule has 1 aliphatic heterocycles. The topological polar surface area (TPSA) is 128 Å². The molecule has 0 aromatic heterocycles. The van der Waals surface area contributed by atoms with E-state index >= 15 is 0 Å². The molecule has 1 rings (SSSR count). The van der Waals surface area contributed by atoms with E-state index in [0.717, 1.165) is 25.7 Å². The maximum absolute atomic E-state index is 11.5. The number of nitrogens with one attached hydrogen (secondary N) is 1. The highest BCUT2D eigenvalue weighted by Gasteiger charge is 2.45. The summed E-state index contributed by atoms with van der Waals surface area (Å²) in [5.41, 5.74) is 0. The van der Waals surface area contributed by atoms with Crippen LogP contribution in [0.1, 0.15) is 32.6 Å². The third-order valence-electron chi connectivity index (χ3n) is 3.37. The van der Waals surface area contributed by atoms with Gasteiger partial charge < -0.3 is 35.2 Å². The number of carbonyl (C=O) groups is 1. The minimum atomic E-state index is -1.58. The van der Waals surface area contributed by atoms with Gasteiger partial charge in [-0.15, -0.1) is 0 Å². The van der Waals surface area contributed by atoms with Crippen molar-refractivity contribution in [2.24, 2.45) is 0 Å². The summed E-state index contributed by atoms with van der Waals surface area (Å²) in [6.45, 7) is 1.96. The predicted octanol–water partition coefficient (Wildman–Crippen LogP) is -0.907. The highest BCUT2D eigenvalue weighted by atomic mass is 16.7. The lowest BCUT2D eigenvalue weighted by Gasteiger charge is -2.39. The van der Waals surface area contributed by atoms with Gasteiger partial charge in [0, 0.05) is 6.54 Å². The second kappa shape index (κ2) is 9.16. The standard InChI is InChI=1S/C13H25NO7/c1-2-3-4-5-6-14-13(19)21-12-11(18)10(17)9(16)8(7-15)20-12/h8-12,15-18H,2-7H2,1H3,(H,14,19)/t8-,9-,10+,11+,12?/m1/s1. The summed E-state index contributed by atoms with van der Waals surface area (Å²) in [4.78, 5) is 11.5. The number of hydrogen-bond donors (Lipinski definition) is 5. The van der Waals surface area contributed by atoms with Gasteiger partial charge in [-0.3, -0.25) is 0 Å². The van der Waals surface area contributed by atoms with Gasteiger partial charge >= 0.3 is 6.09 Å². The fraction of sp³-hybridized carbons (Fsp3) is 0.923. The number of ether oxygens (including phenoxy) is 2. The summed E-state index contributed by atoms with van der Waals surface area (Å²) in [6, 6.07) is 0. The van der Waals surface area contributed by atoms with Crippen molar-refractivity contribution in [3.63, 3.8) is 0 Å². The van der Waals surface area contributed by atoms with Crippen LogP contribution in [0, 0.1) is 0 Å². The molecule has 124 valence electrons. The Kier molecular flexibility index (Phi) is 7.91. The molecule has 8 nitrogen and oxygen atoms in total. The Morgan fingerprint density at radius 1 is 1.14 bits per heavy atom. The van der Waals surface area contributed by atoms with Crippen molar-refractivity contribution in [3.05, 3.63) is 0 Å². The average molecular weight is 307 g/mol. The Labute approximate surface area is 123 Å². The van der Waals surface area contributed by atoms with Gasteiger partial charge in [0.2, 0.25) is 6.29 Å². The van der Waals surface area contributed by atoms with Crippen LogP contribution in [0.5, 0.6) is 0 Å². The molecule has 0 spiro atoms. The van der Waals surface area contributed by atoms with Crippen LogP contribution in [0.3, 0.4) is 0 Å². The molecule has 0 saturated carbocycles. The monoisotopic (exact) mass is 307 g/mol. The number of aliphatic hydroxyl groups excluding tert-OH is 4. The normalized spacial score (nSPS) is 32.7. The van der Waals surface area contributed by atoms with Crippen molar-refractivity contribution in [3.8, 4) is 0 Å². The molecule has 1 fully saturated rings. The first-order valence-corrected chi connectivity index (χ1v) is 7.26. The maximum Gasteiger partial charge on any atom is 0.409 e. The fourth-order valence-electron chi connectivity index (χ4n) is 2.05. The first-order chi connectivity index (χ1) is 10.0. The van der Waals surface area contributed by atoms with E-state index < -0.39 is 43.4 Å². The molecule has 5 N–H and O–H groups in total. The minimum Gasteiger partial charge on any atom is -0.417 e. The number of amides is 1. The molecular weight excluding hydrogens is 282 g/mol. The number of rotatable bonds is 7. The Balaban J connectivity index is 2.36. The SMILES string of the molecule is CCCCCCNC(=O)OC1O[C@H](CO)[C@@H](O)[C@H](O)[C@@H]1O. The van der Waals surface area contributed by atoms with Crippen molar-refractivity contribution in [2.75, 3.05) is 13.2 Å². The highest BCUT2D eigenvalue weighted by Crippen LogP contribution is 2.21. The van der Waals surface area contributed by atoms with E-state index in [0.29, 0.717) is 6.54 Å². The van der Waals surface area contributed by atoms with Crippen molar-refractivity contribution in [1.29, 1.82) is 0 Å². The summed E-state index contributed by atoms with van der Waals surface area (Å²) >= 11 is 0. The first kappa shape index (κ1) is 18.1. The second-order valence-electron chi connectivity index (χ2n) is 5.09. The van der Waals surface area contributed by atoms with Crippen LogP contribution in [0.2, 0.25) is 0 Å². The molecule has 1 amide bonds. The molecule has 1 saturated heterocycles. The smallest absolute Gasteiger partial charge is 0.409 e. The predicted molar refractivity (Wildman–Crippen MR) is 72.4 cm³/mol. The number of alkyl carbamates (subject to hydrolysis) is 1. The van der Waals surface area contributed by atoms with E-state index in [4.69, 9.17) is 14.6 Å². The van der Waals surface area contributed by atoms with Crippen LogP contribution in [0.4, 0.5) is 4.79 Å². The van der Waals surface area contributed by atoms with Crippen LogP contribution in [0.25, 0.3) is 0 Å². The van der Waals surface area contributed by atoms with Gasteiger partial charge in [0.1, 0.15) is 24.4 Å². The lowest BCUT2D eigenvalue weighted by Crippen LogP contribution is -2.59. The van der Waals surface area contributed by atoms with Gasteiger partial charge in [0.05, 0.1) is 6.61 Å². The third kappa shape index (κ3) is 5.40. The summed E-state index contributed by atoms with van der Waals surface area (Å²) in [6.07, 6.45) is -3.92. The van der Waals surface area contributed by atoms with E-state index in [-0.39, 0.29) is 0 Å². The lowest BCUT2D eigenvalue weighted by molar-refractivity contribution is -0.284. The zero-order valence-corrected chi connectivity index (χ0v) is 12.1. The van der Waals surface area contributed by atoms with E-state index in [9.17, 15) is 20.1 Å². The Morgan fingerprint density at radius 3 is 2.48 bits per heavy atom. The van der Waals surface area contributed by atoms with Gasteiger partial charge in [0.25, 0.3) is 0 Å².